The SMILES string of the molecule is CCCCCCCCCCCCC[CH2][Sb]([Br])[Br]. The van der Waals surface area contributed by atoms with Crippen molar-refractivity contribution in [1.82, 2.24) is 0 Å². The monoisotopic (exact) mass is 476 g/mol. The molecule has 0 aliphatic carbocycles. The summed E-state index contributed by atoms with van der Waals surface area (Å²) in [6, 6.07) is 0. The topological polar surface area (TPSA) is 0 Å². The van der Waals surface area contributed by atoms with Gasteiger partial charge in [0, 0.05) is 0 Å². The Morgan fingerprint density at radius 1 is 0.588 bits per heavy atom. The second-order valence-corrected chi connectivity index (χ2v) is 25.8. The molecule has 0 aromatic heterocycles. The Morgan fingerprint density at radius 3 is 1.29 bits per heavy atom. The van der Waals surface area contributed by atoms with Gasteiger partial charge in [0.25, 0.3) is 0 Å². The van der Waals surface area contributed by atoms with Gasteiger partial charge in [-0.1, -0.05) is 13.3 Å². The van der Waals surface area contributed by atoms with E-state index in [1.165, 1.54) is 81.4 Å². The second kappa shape index (κ2) is 15.8. The first kappa shape index (κ1) is 18.8. The molecule has 104 valence electrons. The van der Waals surface area contributed by atoms with Crippen molar-refractivity contribution in [2.45, 2.75) is 88.3 Å². The number of hydrogen-bond acceptors (Lipinski definition) is 0. The third-order valence-corrected chi connectivity index (χ3v) is 9.81. The summed E-state index contributed by atoms with van der Waals surface area (Å²) in [5, 5.41) is 0. The number of halogens is 2. The van der Waals surface area contributed by atoms with Crippen molar-refractivity contribution in [1.29, 1.82) is 0 Å². The average Bonchev–Trinajstić information content (AvgIpc) is 2.30. The van der Waals surface area contributed by atoms with Crippen LogP contribution >= 0.6 is 25.2 Å². The van der Waals surface area contributed by atoms with Crippen LogP contribution in [-0.2, 0) is 0 Å². The van der Waals surface area contributed by atoms with E-state index in [1.807, 2.05) is 0 Å². The zero-order valence-corrected chi connectivity index (χ0v) is 17.1. The maximum atomic E-state index is 3.70. The summed E-state index contributed by atoms with van der Waals surface area (Å²) in [5.74, 6) is 0. The van der Waals surface area contributed by atoms with E-state index in [4.69, 9.17) is 0 Å². The summed E-state index contributed by atoms with van der Waals surface area (Å²) in [6.07, 6.45) is 17.5. The van der Waals surface area contributed by atoms with E-state index in [1.54, 1.807) is 0 Å². The molecular weight excluding hydrogens is 450 g/mol. The molecule has 0 aliphatic heterocycles. The first-order chi connectivity index (χ1) is 8.27. The van der Waals surface area contributed by atoms with Gasteiger partial charge in [0.2, 0.25) is 0 Å². The molecule has 0 aromatic rings. The molecule has 0 bridgehead atoms. The molecule has 0 unspecified atom stereocenters. The Balaban J connectivity index is 2.89. The van der Waals surface area contributed by atoms with Gasteiger partial charge in [0.1, 0.15) is 0 Å². The summed E-state index contributed by atoms with van der Waals surface area (Å²) in [5.41, 5.74) is 0. The van der Waals surface area contributed by atoms with Gasteiger partial charge in [0.15, 0.2) is 0 Å². The van der Waals surface area contributed by atoms with Gasteiger partial charge in [-0.05, 0) is 0 Å². The fourth-order valence-electron chi connectivity index (χ4n) is 2.07. The van der Waals surface area contributed by atoms with Gasteiger partial charge < -0.3 is 0 Å². The van der Waals surface area contributed by atoms with Crippen molar-refractivity contribution in [3.05, 3.63) is 0 Å². The van der Waals surface area contributed by atoms with Crippen LogP contribution in [0, 0.1) is 0 Å². The van der Waals surface area contributed by atoms with E-state index in [2.05, 4.69) is 32.1 Å². The van der Waals surface area contributed by atoms with Crippen molar-refractivity contribution in [2.75, 3.05) is 0 Å². The number of unbranched alkanes of at least 4 members (excludes halogenated alkanes) is 11. The van der Waals surface area contributed by atoms with Crippen molar-refractivity contribution in [3.8, 4) is 0 Å². The molecule has 0 aliphatic rings. The van der Waals surface area contributed by atoms with Crippen molar-refractivity contribution in [2.24, 2.45) is 0 Å². The van der Waals surface area contributed by atoms with Crippen molar-refractivity contribution in [3.63, 3.8) is 0 Å². The van der Waals surface area contributed by atoms with Crippen molar-refractivity contribution < 1.29 is 0 Å². The van der Waals surface area contributed by atoms with Crippen LogP contribution in [0.1, 0.15) is 84.0 Å². The number of hydrogen-bond donors (Lipinski definition) is 0. The van der Waals surface area contributed by atoms with E-state index in [-0.39, 0.29) is 0 Å². The molecule has 0 spiro atoms. The van der Waals surface area contributed by atoms with E-state index >= 15 is 0 Å². The van der Waals surface area contributed by atoms with E-state index < -0.39 is 15.7 Å². The minimum atomic E-state index is -1.000. The summed E-state index contributed by atoms with van der Waals surface area (Å²) in [6.45, 7) is 2.29. The Morgan fingerprint density at radius 2 is 0.941 bits per heavy atom. The van der Waals surface area contributed by atoms with E-state index in [9.17, 15) is 0 Å². The summed E-state index contributed by atoms with van der Waals surface area (Å²) < 4.78 is 1.44. The Bertz CT molecular complexity index is 140. The first-order valence-electron chi connectivity index (χ1n) is 7.36. The molecular formula is C14H29Br2Sb. The Hall–Kier alpha value is 1.78. The molecule has 0 N–H and O–H groups in total. The van der Waals surface area contributed by atoms with Gasteiger partial charge in [-0.15, -0.1) is 0 Å². The maximum absolute atomic E-state index is 3.70. The molecule has 0 heterocycles. The predicted octanol–water partition coefficient (Wildman–Crippen LogP) is 6.97. The van der Waals surface area contributed by atoms with Crippen LogP contribution in [-0.4, -0.2) is 15.7 Å². The van der Waals surface area contributed by atoms with E-state index in [0.717, 1.165) is 0 Å². The molecule has 17 heavy (non-hydrogen) atoms. The summed E-state index contributed by atoms with van der Waals surface area (Å²) >= 11 is 6.41. The molecule has 3 heteroatoms. The fourth-order valence-corrected chi connectivity index (χ4v) is 6.76. The normalized spacial score (nSPS) is 11.3. The van der Waals surface area contributed by atoms with Crippen LogP contribution in [0.3, 0.4) is 0 Å². The van der Waals surface area contributed by atoms with Crippen LogP contribution in [0.15, 0.2) is 0 Å². The average molecular weight is 479 g/mol. The quantitative estimate of drug-likeness (QED) is 0.198. The molecule has 0 fully saturated rings. The van der Waals surface area contributed by atoms with Gasteiger partial charge in [0.05, 0.1) is 0 Å². The zero-order chi connectivity index (χ0) is 12.8. The Labute approximate surface area is 128 Å². The predicted molar refractivity (Wildman–Crippen MR) is 89.5 cm³/mol. The van der Waals surface area contributed by atoms with Crippen LogP contribution in [0.4, 0.5) is 0 Å². The van der Waals surface area contributed by atoms with E-state index in [0.29, 0.717) is 0 Å². The van der Waals surface area contributed by atoms with Gasteiger partial charge in [-0.3, -0.25) is 0 Å². The third-order valence-electron chi connectivity index (χ3n) is 3.18. The molecule has 0 nitrogen and oxygen atoms in total. The summed E-state index contributed by atoms with van der Waals surface area (Å²) in [4.78, 5) is 0. The zero-order valence-electron chi connectivity index (χ0n) is 11.4. The molecule has 0 aromatic carbocycles. The van der Waals surface area contributed by atoms with Gasteiger partial charge in [-0.2, -0.15) is 0 Å². The third kappa shape index (κ3) is 17.8. The summed E-state index contributed by atoms with van der Waals surface area (Å²) in [7, 11) is 0. The minimum absolute atomic E-state index is 1.000. The van der Waals surface area contributed by atoms with Crippen LogP contribution in [0.25, 0.3) is 0 Å². The molecule has 0 radical (unpaired) electrons. The van der Waals surface area contributed by atoms with Crippen molar-refractivity contribution >= 4 is 40.9 Å². The molecule has 0 saturated heterocycles. The molecule has 0 rings (SSSR count). The first-order valence-corrected chi connectivity index (χ1v) is 20.6. The standard InChI is InChI=1S/C14H29.2BrH.Sb/c1-3-5-7-9-11-13-14-12-10-8-6-4-2;;;/h1,3-14H2,2H3;2*1H;/q;;;+2/p-2. The van der Waals surface area contributed by atoms with Crippen LogP contribution in [0.5, 0.6) is 0 Å². The van der Waals surface area contributed by atoms with Gasteiger partial charge in [-0.25, -0.2) is 0 Å². The molecule has 0 atom stereocenters. The second-order valence-electron chi connectivity index (χ2n) is 4.92. The van der Waals surface area contributed by atoms with Crippen LogP contribution in [0.2, 0.25) is 4.37 Å². The number of rotatable bonds is 13. The van der Waals surface area contributed by atoms with Gasteiger partial charge >= 0.3 is 116 Å². The molecule has 0 amide bonds. The van der Waals surface area contributed by atoms with Crippen LogP contribution < -0.4 is 0 Å². The Kier molecular flexibility index (Phi) is 17.5. The fraction of sp³-hybridized carbons (Fsp3) is 1.00. The molecule has 0 saturated carbocycles.